The van der Waals surface area contributed by atoms with Crippen molar-refractivity contribution in [2.45, 2.75) is 32.7 Å². The molecule has 0 amide bonds. The van der Waals surface area contributed by atoms with Crippen LogP contribution in [0.15, 0.2) is 0 Å². The lowest BCUT2D eigenvalue weighted by atomic mass is 9.85. The van der Waals surface area contributed by atoms with Crippen molar-refractivity contribution in [1.82, 2.24) is 4.90 Å². The molecule has 4 heteroatoms. The first-order valence-electron chi connectivity index (χ1n) is 7.19. The molecule has 2 N–H and O–H groups in total. The van der Waals surface area contributed by atoms with E-state index in [1.807, 2.05) is 0 Å². The van der Waals surface area contributed by atoms with Gasteiger partial charge in [-0.2, -0.15) is 0 Å². The summed E-state index contributed by atoms with van der Waals surface area (Å²) >= 11 is 0. The maximum Gasteiger partial charge on any atom is 0.0593 e. The summed E-state index contributed by atoms with van der Waals surface area (Å²) in [6.45, 7) is 9.95. The molecule has 0 radical (unpaired) electrons. The summed E-state index contributed by atoms with van der Waals surface area (Å²) in [5.41, 5.74) is 5.90. The van der Waals surface area contributed by atoms with E-state index >= 15 is 0 Å². The Bertz CT molecular complexity index is 214. The number of nitrogens with zero attached hydrogens (tertiary/aromatic N) is 1. The van der Waals surface area contributed by atoms with Crippen LogP contribution in [0.3, 0.4) is 0 Å². The van der Waals surface area contributed by atoms with E-state index < -0.39 is 0 Å². The van der Waals surface area contributed by atoms with Gasteiger partial charge in [0.05, 0.1) is 6.61 Å². The zero-order chi connectivity index (χ0) is 13.4. The van der Waals surface area contributed by atoms with Gasteiger partial charge < -0.3 is 15.2 Å². The predicted molar refractivity (Wildman–Crippen MR) is 74.7 cm³/mol. The van der Waals surface area contributed by atoms with Crippen LogP contribution in [0.1, 0.15) is 26.7 Å². The maximum absolute atomic E-state index is 5.90. The lowest BCUT2D eigenvalue weighted by molar-refractivity contribution is 0.0318. The van der Waals surface area contributed by atoms with Crippen molar-refractivity contribution in [2.75, 3.05) is 46.6 Å². The van der Waals surface area contributed by atoms with Crippen LogP contribution in [-0.4, -0.2) is 57.5 Å². The largest absolute Gasteiger partial charge is 0.385 e. The Kier molecular flexibility index (Phi) is 7.82. The molecule has 0 aromatic heterocycles. The standard InChI is InChI=1S/C14H30N2O2/c1-12-9-13(2)14(10-15)16(11-12)5-8-18-7-4-6-17-3/h12-14H,4-11,15H2,1-3H3. The minimum absolute atomic E-state index is 0.531. The third-order valence-electron chi connectivity index (χ3n) is 3.85. The summed E-state index contributed by atoms with van der Waals surface area (Å²) in [7, 11) is 1.72. The molecule has 1 heterocycles. The number of likely N-dealkylation sites (tertiary alicyclic amines) is 1. The molecule has 108 valence electrons. The number of hydrogen-bond donors (Lipinski definition) is 1. The number of methoxy groups -OCH3 is 1. The van der Waals surface area contributed by atoms with E-state index in [1.54, 1.807) is 7.11 Å². The Morgan fingerprint density at radius 1 is 1.22 bits per heavy atom. The summed E-state index contributed by atoms with van der Waals surface area (Å²) in [4.78, 5) is 2.51. The van der Waals surface area contributed by atoms with E-state index in [-0.39, 0.29) is 0 Å². The van der Waals surface area contributed by atoms with Gasteiger partial charge in [-0.1, -0.05) is 13.8 Å². The zero-order valence-electron chi connectivity index (χ0n) is 12.2. The summed E-state index contributed by atoms with van der Waals surface area (Å²) in [6.07, 6.45) is 2.27. The third kappa shape index (κ3) is 5.22. The number of piperidine rings is 1. The smallest absolute Gasteiger partial charge is 0.0593 e. The first kappa shape index (κ1) is 15.9. The molecule has 0 aromatic carbocycles. The van der Waals surface area contributed by atoms with Gasteiger partial charge in [0.2, 0.25) is 0 Å². The van der Waals surface area contributed by atoms with Crippen molar-refractivity contribution >= 4 is 0 Å². The van der Waals surface area contributed by atoms with Crippen LogP contribution in [0.4, 0.5) is 0 Å². The molecule has 3 unspecified atom stereocenters. The second-order valence-electron chi connectivity index (χ2n) is 5.57. The lowest BCUT2D eigenvalue weighted by Crippen LogP contribution is -2.52. The number of nitrogens with two attached hydrogens (primary N) is 1. The Balaban J connectivity index is 2.21. The van der Waals surface area contributed by atoms with Gasteiger partial charge in [0, 0.05) is 46.0 Å². The summed E-state index contributed by atoms with van der Waals surface area (Å²) in [5.74, 6) is 1.48. The maximum atomic E-state index is 5.90. The quantitative estimate of drug-likeness (QED) is 0.668. The Hall–Kier alpha value is -0.160. The molecular formula is C14H30N2O2. The number of ether oxygens (including phenoxy) is 2. The summed E-state index contributed by atoms with van der Waals surface area (Å²) in [5, 5.41) is 0. The molecule has 4 nitrogen and oxygen atoms in total. The van der Waals surface area contributed by atoms with Crippen molar-refractivity contribution in [3.05, 3.63) is 0 Å². The highest BCUT2D eigenvalue weighted by molar-refractivity contribution is 4.85. The molecule has 0 aromatic rings. The Morgan fingerprint density at radius 3 is 2.67 bits per heavy atom. The van der Waals surface area contributed by atoms with Crippen LogP contribution in [0, 0.1) is 11.8 Å². The van der Waals surface area contributed by atoms with Crippen molar-refractivity contribution in [2.24, 2.45) is 17.6 Å². The topological polar surface area (TPSA) is 47.7 Å². The normalized spacial score (nSPS) is 29.7. The molecule has 18 heavy (non-hydrogen) atoms. The molecule has 1 fully saturated rings. The fourth-order valence-corrected chi connectivity index (χ4v) is 2.99. The summed E-state index contributed by atoms with van der Waals surface area (Å²) in [6, 6.07) is 0.531. The highest BCUT2D eigenvalue weighted by Gasteiger charge is 2.30. The fraction of sp³-hybridized carbons (Fsp3) is 1.00. The van der Waals surface area contributed by atoms with Crippen molar-refractivity contribution < 1.29 is 9.47 Å². The Labute approximate surface area is 112 Å². The number of rotatable bonds is 8. The summed E-state index contributed by atoms with van der Waals surface area (Å²) < 4.78 is 10.6. The van der Waals surface area contributed by atoms with E-state index in [1.165, 1.54) is 6.42 Å². The van der Waals surface area contributed by atoms with Crippen molar-refractivity contribution in [3.8, 4) is 0 Å². The van der Waals surface area contributed by atoms with E-state index in [0.29, 0.717) is 12.0 Å². The van der Waals surface area contributed by atoms with Gasteiger partial charge in [0.15, 0.2) is 0 Å². The van der Waals surface area contributed by atoms with Gasteiger partial charge in [0.1, 0.15) is 0 Å². The minimum atomic E-state index is 0.531. The molecule has 0 spiro atoms. The van der Waals surface area contributed by atoms with E-state index in [9.17, 15) is 0 Å². The average molecular weight is 258 g/mol. The molecule has 0 bridgehead atoms. The Morgan fingerprint density at radius 2 is 2.00 bits per heavy atom. The van der Waals surface area contributed by atoms with Crippen LogP contribution >= 0.6 is 0 Å². The van der Waals surface area contributed by atoms with Gasteiger partial charge in [0.25, 0.3) is 0 Å². The van der Waals surface area contributed by atoms with Gasteiger partial charge in [-0.25, -0.2) is 0 Å². The first-order valence-corrected chi connectivity index (χ1v) is 7.19. The van der Waals surface area contributed by atoms with E-state index in [2.05, 4.69) is 18.7 Å². The molecule has 0 saturated carbocycles. The van der Waals surface area contributed by atoms with Crippen molar-refractivity contribution in [1.29, 1.82) is 0 Å². The zero-order valence-corrected chi connectivity index (χ0v) is 12.2. The predicted octanol–water partition coefficient (Wildman–Crippen LogP) is 1.34. The van der Waals surface area contributed by atoms with Crippen molar-refractivity contribution in [3.63, 3.8) is 0 Å². The molecule has 1 aliphatic heterocycles. The highest BCUT2D eigenvalue weighted by atomic mass is 16.5. The monoisotopic (exact) mass is 258 g/mol. The van der Waals surface area contributed by atoms with Crippen LogP contribution in [0.5, 0.6) is 0 Å². The molecule has 1 saturated heterocycles. The van der Waals surface area contributed by atoms with Gasteiger partial charge in [-0.3, -0.25) is 4.90 Å². The van der Waals surface area contributed by atoms with Crippen LogP contribution in [0.2, 0.25) is 0 Å². The second kappa shape index (κ2) is 8.86. The first-order chi connectivity index (χ1) is 8.69. The van der Waals surface area contributed by atoms with Gasteiger partial charge in [-0.15, -0.1) is 0 Å². The molecule has 1 rings (SSSR count). The minimum Gasteiger partial charge on any atom is -0.385 e. The van der Waals surface area contributed by atoms with Crippen LogP contribution in [0.25, 0.3) is 0 Å². The van der Waals surface area contributed by atoms with E-state index in [0.717, 1.165) is 51.8 Å². The molecular weight excluding hydrogens is 228 g/mol. The molecule has 1 aliphatic rings. The SMILES string of the molecule is COCCCOCCN1CC(C)CC(C)C1CN. The number of hydrogen-bond acceptors (Lipinski definition) is 4. The van der Waals surface area contributed by atoms with Crippen LogP contribution < -0.4 is 5.73 Å². The third-order valence-corrected chi connectivity index (χ3v) is 3.85. The van der Waals surface area contributed by atoms with E-state index in [4.69, 9.17) is 15.2 Å². The molecule has 0 aliphatic carbocycles. The average Bonchev–Trinajstić information content (AvgIpc) is 2.33. The highest BCUT2D eigenvalue weighted by Crippen LogP contribution is 2.26. The lowest BCUT2D eigenvalue weighted by Gasteiger charge is -2.42. The second-order valence-corrected chi connectivity index (χ2v) is 5.57. The molecule has 3 atom stereocenters. The van der Waals surface area contributed by atoms with Gasteiger partial charge >= 0.3 is 0 Å². The van der Waals surface area contributed by atoms with Gasteiger partial charge in [-0.05, 0) is 24.7 Å². The fourth-order valence-electron chi connectivity index (χ4n) is 2.99. The van der Waals surface area contributed by atoms with Crippen LogP contribution in [-0.2, 0) is 9.47 Å².